The molecule has 2 heterocycles. The van der Waals surface area contributed by atoms with E-state index in [0.717, 1.165) is 38.7 Å². The van der Waals surface area contributed by atoms with Crippen LogP contribution in [0.1, 0.15) is 42.5 Å². The molecular weight excluding hydrogens is 444 g/mol. The molecule has 2 aromatic rings. The highest BCUT2D eigenvalue weighted by molar-refractivity contribution is 7.89. The number of carbonyl (C=O) groups excluding carboxylic acids is 1. The van der Waals surface area contributed by atoms with E-state index in [0.29, 0.717) is 42.4 Å². The van der Waals surface area contributed by atoms with Gasteiger partial charge in [-0.25, -0.2) is 8.42 Å². The molecule has 0 radical (unpaired) electrons. The fourth-order valence-electron chi connectivity index (χ4n) is 4.09. The normalized spacial score (nSPS) is 19.2. The molecule has 1 amide bonds. The Morgan fingerprint density at radius 3 is 2.67 bits per heavy atom. The third-order valence-electron chi connectivity index (χ3n) is 5.93. The smallest absolute Gasteiger partial charge is 0.255 e. The number of rotatable bonds is 8. The number of amides is 1. The summed E-state index contributed by atoms with van der Waals surface area (Å²) in [6, 6.07) is 11.4. The second-order valence-corrected chi connectivity index (χ2v) is 10.2. The van der Waals surface area contributed by atoms with Crippen LogP contribution in [0.25, 0.3) is 0 Å². The van der Waals surface area contributed by atoms with E-state index in [-0.39, 0.29) is 16.9 Å². The van der Waals surface area contributed by atoms with Gasteiger partial charge in [0.25, 0.3) is 5.91 Å². The highest BCUT2D eigenvalue weighted by atomic mass is 32.2. The zero-order chi connectivity index (χ0) is 23.3. The highest BCUT2D eigenvalue weighted by Gasteiger charge is 2.27. The van der Waals surface area contributed by atoms with Crippen molar-refractivity contribution in [3.63, 3.8) is 0 Å². The number of nitrogens with zero attached hydrogens (tertiary/aromatic N) is 1. The summed E-state index contributed by atoms with van der Waals surface area (Å²) in [4.78, 5) is 13.1. The minimum atomic E-state index is -3.64. The van der Waals surface area contributed by atoms with E-state index in [1.807, 2.05) is 0 Å². The Bertz CT molecular complexity index is 1080. The molecule has 2 aromatic carbocycles. The molecule has 1 unspecified atom stereocenters. The van der Waals surface area contributed by atoms with Gasteiger partial charge in [0.05, 0.1) is 23.8 Å². The summed E-state index contributed by atoms with van der Waals surface area (Å²) in [6.07, 6.45) is 4.82. The van der Waals surface area contributed by atoms with Gasteiger partial charge in [-0.2, -0.15) is 4.31 Å². The Kier molecular flexibility index (Phi) is 7.52. The highest BCUT2D eigenvalue weighted by Crippen LogP contribution is 2.30. The number of nitrogens with one attached hydrogen (secondary N) is 1. The number of sulfonamides is 1. The molecule has 2 saturated heterocycles. The molecule has 9 heteroatoms. The molecule has 2 aliphatic rings. The van der Waals surface area contributed by atoms with Crippen molar-refractivity contribution in [2.75, 3.05) is 38.7 Å². The standard InChI is InChI=1S/C24H30N2O6S/c1-30-23-11-10-21(33(28,29)26-12-3-2-4-13-26)16-22(23)25-24(27)18-7-5-8-19(15-18)32-17-20-9-6-14-31-20/h5,7-8,10-11,15-16,20H,2-4,6,9,12-14,17H2,1H3,(H,25,27). The van der Waals surface area contributed by atoms with E-state index in [1.54, 1.807) is 30.3 Å². The number of carbonyl (C=O) groups is 1. The SMILES string of the molecule is COc1ccc(S(=O)(=O)N2CCCCC2)cc1NC(=O)c1cccc(OCC2CCCO2)c1. The minimum absolute atomic E-state index is 0.0799. The second-order valence-electron chi connectivity index (χ2n) is 8.25. The molecule has 178 valence electrons. The van der Waals surface area contributed by atoms with Crippen molar-refractivity contribution in [3.8, 4) is 11.5 Å². The van der Waals surface area contributed by atoms with Crippen LogP contribution in [0.5, 0.6) is 11.5 Å². The van der Waals surface area contributed by atoms with Gasteiger partial charge in [-0.3, -0.25) is 4.79 Å². The molecule has 33 heavy (non-hydrogen) atoms. The van der Waals surface area contributed by atoms with Crippen molar-refractivity contribution in [2.45, 2.75) is 43.1 Å². The van der Waals surface area contributed by atoms with Crippen molar-refractivity contribution in [3.05, 3.63) is 48.0 Å². The lowest BCUT2D eigenvalue weighted by Crippen LogP contribution is -2.35. The first-order chi connectivity index (χ1) is 16.0. The summed E-state index contributed by atoms with van der Waals surface area (Å²) in [5.74, 6) is 0.571. The fourth-order valence-corrected chi connectivity index (χ4v) is 5.63. The summed E-state index contributed by atoms with van der Waals surface area (Å²) in [5, 5.41) is 2.79. The fraction of sp³-hybridized carbons (Fsp3) is 0.458. The Morgan fingerprint density at radius 2 is 1.94 bits per heavy atom. The molecule has 0 saturated carbocycles. The quantitative estimate of drug-likeness (QED) is 0.627. The Balaban J connectivity index is 1.50. The molecule has 1 N–H and O–H groups in total. The Labute approximate surface area is 194 Å². The zero-order valence-electron chi connectivity index (χ0n) is 18.8. The summed E-state index contributed by atoms with van der Waals surface area (Å²) in [5.41, 5.74) is 0.692. The van der Waals surface area contributed by atoms with Crippen LogP contribution in [0, 0.1) is 0 Å². The molecule has 0 spiro atoms. The lowest BCUT2D eigenvalue weighted by molar-refractivity contribution is 0.0679. The molecular formula is C24H30N2O6S. The molecule has 0 bridgehead atoms. The van der Waals surface area contributed by atoms with Gasteiger partial charge in [-0.15, -0.1) is 0 Å². The van der Waals surface area contributed by atoms with Crippen molar-refractivity contribution in [1.29, 1.82) is 0 Å². The molecule has 1 atom stereocenters. The number of methoxy groups -OCH3 is 1. The molecule has 4 rings (SSSR count). The maximum Gasteiger partial charge on any atom is 0.255 e. The van der Waals surface area contributed by atoms with E-state index in [4.69, 9.17) is 14.2 Å². The van der Waals surface area contributed by atoms with E-state index in [2.05, 4.69) is 5.32 Å². The number of ether oxygens (including phenoxy) is 3. The monoisotopic (exact) mass is 474 g/mol. The van der Waals surface area contributed by atoms with Gasteiger partial charge in [-0.05, 0) is 62.1 Å². The predicted molar refractivity (Wildman–Crippen MR) is 124 cm³/mol. The van der Waals surface area contributed by atoms with Crippen LogP contribution in [0.4, 0.5) is 5.69 Å². The number of benzene rings is 2. The van der Waals surface area contributed by atoms with Crippen LogP contribution < -0.4 is 14.8 Å². The van der Waals surface area contributed by atoms with E-state index < -0.39 is 10.0 Å². The van der Waals surface area contributed by atoms with Crippen molar-refractivity contribution >= 4 is 21.6 Å². The maximum absolute atomic E-state index is 13.1. The topological polar surface area (TPSA) is 94.2 Å². The predicted octanol–water partition coefficient (Wildman–Crippen LogP) is 3.68. The second kappa shape index (κ2) is 10.5. The van der Waals surface area contributed by atoms with Gasteiger partial charge in [0.15, 0.2) is 0 Å². The summed E-state index contributed by atoms with van der Waals surface area (Å²) in [6.45, 7) is 2.21. The van der Waals surface area contributed by atoms with Crippen molar-refractivity contribution in [1.82, 2.24) is 4.31 Å². The van der Waals surface area contributed by atoms with E-state index in [9.17, 15) is 13.2 Å². The van der Waals surface area contributed by atoms with E-state index in [1.165, 1.54) is 23.5 Å². The average Bonchev–Trinajstić information content (AvgIpc) is 3.37. The van der Waals surface area contributed by atoms with Crippen LogP contribution >= 0.6 is 0 Å². The average molecular weight is 475 g/mol. The third kappa shape index (κ3) is 5.66. The van der Waals surface area contributed by atoms with Crippen LogP contribution in [0.15, 0.2) is 47.4 Å². The van der Waals surface area contributed by atoms with Gasteiger partial charge >= 0.3 is 0 Å². The maximum atomic E-state index is 13.1. The molecule has 0 aliphatic carbocycles. The van der Waals surface area contributed by atoms with Crippen molar-refractivity contribution in [2.24, 2.45) is 0 Å². The van der Waals surface area contributed by atoms with Gasteiger partial charge < -0.3 is 19.5 Å². The lowest BCUT2D eigenvalue weighted by Gasteiger charge is -2.26. The first-order valence-electron chi connectivity index (χ1n) is 11.3. The number of piperidine rings is 1. The molecule has 8 nitrogen and oxygen atoms in total. The van der Waals surface area contributed by atoms with Gasteiger partial charge in [0.2, 0.25) is 10.0 Å². The lowest BCUT2D eigenvalue weighted by atomic mass is 10.2. The minimum Gasteiger partial charge on any atom is -0.495 e. The van der Waals surface area contributed by atoms with Gasteiger partial charge in [-0.1, -0.05) is 12.5 Å². The Hall–Kier alpha value is -2.62. The number of anilines is 1. The first kappa shape index (κ1) is 23.5. The summed E-state index contributed by atoms with van der Waals surface area (Å²) < 4.78 is 44.3. The number of hydrogen-bond donors (Lipinski definition) is 1. The van der Waals surface area contributed by atoms with Gasteiger partial charge in [0.1, 0.15) is 18.1 Å². The van der Waals surface area contributed by atoms with Crippen LogP contribution in [-0.2, 0) is 14.8 Å². The van der Waals surface area contributed by atoms with Crippen LogP contribution in [-0.4, -0.2) is 58.1 Å². The Morgan fingerprint density at radius 1 is 1.12 bits per heavy atom. The first-order valence-corrected chi connectivity index (χ1v) is 12.8. The number of hydrogen-bond acceptors (Lipinski definition) is 6. The van der Waals surface area contributed by atoms with Gasteiger partial charge in [0, 0.05) is 25.3 Å². The van der Waals surface area contributed by atoms with E-state index >= 15 is 0 Å². The van der Waals surface area contributed by atoms with Crippen LogP contribution in [0.3, 0.4) is 0 Å². The molecule has 0 aromatic heterocycles. The van der Waals surface area contributed by atoms with Crippen molar-refractivity contribution < 1.29 is 27.4 Å². The molecule has 2 fully saturated rings. The third-order valence-corrected chi connectivity index (χ3v) is 7.82. The molecule has 2 aliphatic heterocycles. The largest absolute Gasteiger partial charge is 0.495 e. The summed E-state index contributed by atoms with van der Waals surface area (Å²) >= 11 is 0. The van der Waals surface area contributed by atoms with Crippen LogP contribution in [0.2, 0.25) is 0 Å². The summed E-state index contributed by atoms with van der Waals surface area (Å²) in [7, 11) is -2.16. The zero-order valence-corrected chi connectivity index (χ0v) is 19.6.